The molecule has 0 heterocycles. The molecule has 2 aromatic carbocycles. The van der Waals surface area contributed by atoms with Crippen molar-refractivity contribution in [2.45, 2.75) is 32.5 Å². The summed E-state index contributed by atoms with van der Waals surface area (Å²) in [7, 11) is 0. The number of rotatable bonds is 6. The van der Waals surface area contributed by atoms with Crippen LogP contribution >= 0.6 is 0 Å². The minimum Gasteiger partial charge on any atom is -0.387 e. The molecule has 0 saturated carbocycles. The summed E-state index contributed by atoms with van der Waals surface area (Å²) in [6.07, 6.45) is -0.723. The number of amides is 2. The molecule has 0 aromatic heterocycles. The summed E-state index contributed by atoms with van der Waals surface area (Å²) in [5, 5.41) is 13.3. The van der Waals surface area contributed by atoms with Crippen molar-refractivity contribution in [1.29, 1.82) is 0 Å². The molecule has 5 nitrogen and oxygen atoms in total. The fraction of sp³-hybridized carbons (Fsp3) is 0.316. The van der Waals surface area contributed by atoms with Crippen LogP contribution in [0.4, 0.5) is 10.5 Å². The van der Waals surface area contributed by atoms with Crippen molar-refractivity contribution in [3.05, 3.63) is 65.7 Å². The highest BCUT2D eigenvalue weighted by Crippen LogP contribution is 2.17. The van der Waals surface area contributed by atoms with Crippen molar-refractivity contribution in [3.63, 3.8) is 0 Å². The smallest absolute Gasteiger partial charge is 0.322 e. The standard InChI is InChI=1S/C19H25N3O2/c1-14(2)22(13-18(23)16-6-4-3-5-7-16)19(24)21-17-10-8-15(12-20)9-11-17/h3-11,14,18,23H,12-13,20H2,1-2H3,(H,21,24). The topological polar surface area (TPSA) is 78.6 Å². The first-order valence-electron chi connectivity index (χ1n) is 8.11. The van der Waals surface area contributed by atoms with Crippen molar-refractivity contribution in [3.8, 4) is 0 Å². The molecule has 0 aliphatic rings. The molecule has 5 heteroatoms. The monoisotopic (exact) mass is 327 g/mol. The molecule has 0 aliphatic heterocycles. The zero-order valence-corrected chi connectivity index (χ0v) is 14.1. The van der Waals surface area contributed by atoms with E-state index in [9.17, 15) is 9.90 Å². The van der Waals surface area contributed by atoms with Crippen molar-refractivity contribution < 1.29 is 9.90 Å². The van der Waals surface area contributed by atoms with Crippen LogP contribution in [0.15, 0.2) is 54.6 Å². The van der Waals surface area contributed by atoms with Crippen LogP contribution in [0.3, 0.4) is 0 Å². The third-order valence-corrected chi connectivity index (χ3v) is 3.88. The Morgan fingerprint density at radius 2 is 1.75 bits per heavy atom. The summed E-state index contributed by atoms with van der Waals surface area (Å²) < 4.78 is 0. The Morgan fingerprint density at radius 1 is 1.12 bits per heavy atom. The molecule has 0 saturated heterocycles. The second-order valence-electron chi connectivity index (χ2n) is 6.00. The van der Waals surface area contributed by atoms with Gasteiger partial charge in [0.1, 0.15) is 0 Å². The van der Waals surface area contributed by atoms with Gasteiger partial charge in [0.25, 0.3) is 0 Å². The van der Waals surface area contributed by atoms with Crippen LogP contribution in [0, 0.1) is 0 Å². The van der Waals surface area contributed by atoms with Gasteiger partial charge in [-0.05, 0) is 37.1 Å². The normalized spacial score (nSPS) is 12.0. The van der Waals surface area contributed by atoms with E-state index in [1.807, 2.05) is 68.4 Å². The summed E-state index contributed by atoms with van der Waals surface area (Å²) in [6.45, 7) is 4.55. The zero-order valence-electron chi connectivity index (χ0n) is 14.1. The summed E-state index contributed by atoms with van der Waals surface area (Å²) in [5.74, 6) is 0. The number of nitrogens with zero attached hydrogens (tertiary/aromatic N) is 1. The molecule has 2 amide bonds. The van der Waals surface area contributed by atoms with Gasteiger partial charge in [-0.25, -0.2) is 4.79 Å². The largest absolute Gasteiger partial charge is 0.387 e. The molecule has 0 radical (unpaired) electrons. The van der Waals surface area contributed by atoms with Gasteiger partial charge in [0.15, 0.2) is 0 Å². The van der Waals surface area contributed by atoms with Gasteiger partial charge in [-0.1, -0.05) is 42.5 Å². The highest BCUT2D eigenvalue weighted by Gasteiger charge is 2.21. The fourth-order valence-electron chi connectivity index (χ4n) is 2.41. The molecule has 0 spiro atoms. The van der Waals surface area contributed by atoms with Crippen LogP contribution in [-0.4, -0.2) is 28.6 Å². The van der Waals surface area contributed by atoms with Crippen molar-refractivity contribution >= 4 is 11.7 Å². The lowest BCUT2D eigenvalue weighted by Gasteiger charge is -2.29. The predicted octanol–water partition coefficient (Wildman–Crippen LogP) is 3.12. The van der Waals surface area contributed by atoms with Gasteiger partial charge < -0.3 is 21.1 Å². The van der Waals surface area contributed by atoms with E-state index in [0.29, 0.717) is 12.2 Å². The van der Waals surface area contributed by atoms with E-state index in [2.05, 4.69) is 5.32 Å². The molecule has 2 aromatic rings. The number of hydrogen-bond acceptors (Lipinski definition) is 3. The van der Waals surface area contributed by atoms with E-state index in [0.717, 1.165) is 11.1 Å². The van der Waals surface area contributed by atoms with E-state index in [1.54, 1.807) is 4.90 Å². The molecule has 1 unspecified atom stereocenters. The Kier molecular flexibility index (Phi) is 6.35. The number of nitrogens with two attached hydrogens (primary N) is 1. The van der Waals surface area contributed by atoms with Gasteiger partial charge in [0, 0.05) is 18.3 Å². The van der Waals surface area contributed by atoms with Crippen LogP contribution in [0.1, 0.15) is 31.1 Å². The minimum atomic E-state index is -0.723. The van der Waals surface area contributed by atoms with Crippen LogP contribution in [0.25, 0.3) is 0 Å². The highest BCUT2D eigenvalue weighted by atomic mass is 16.3. The van der Waals surface area contributed by atoms with Gasteiger partial charge >= 0.3 is 6.03 Å². The summed E-state index contributed by atoms with van der Waals surface area (Å²) >= 11 is 0. The Labute approximate surface area is 143 Å². The third kappa shape index (κ3) is 4.81. The fourth-order valence-corrected chi connectivity index (χ4v) is 2.41. The molecular formula is C19H25N3O2. The minimum absolute atomic E-state index is 0.0355. The Balaban J connectivity index is 2.04. The number of carbonyl (C=O) groups excluding carboxylic acids is 1. The molecule has 128 valence electrons. The predicted molar refractivity (Wildman–Crippen MR) is 96.6 cm³/mol. The first-order chi connectivity index (χ1) is 11.5. The van der Waals surface area contributed by atoms with Crippen molar-refractivity contribution in [2.75, 3.05) is 11.9 Å². The molecule has 4 N–H and O–H groups in total. The second kappa shape index (κ2) is 8.47. The van der Waals surface area contributed by atoms with Gasteiger partial charge in [-0.15, -0.1) is 0 Å². The molecule has 0 fully saturated rings. The van der Waals surface area contributed by atoms with Crippen molar-refractivity contribution in [2.24, 2.45) is 5.73 Å². The lowest BCUT2D eigenvalue weighted by atomic mass is 10.1. The number of anilines is 1. The van der Waals surface area contributed by atoms with Crippen LogP contribution in [0.2, 0.25) is 0 Å². The average molecular weight is 327 g/mol. The number of carbonyl (C=O) groups is 1. The summed E-state index contributed by atoms with van der Waals surface area (Å²) in [6, 6.07) is 16.5. The maximum atomic E-state index is 12.6. The third-order valence-electron chi connectivity index (χ3n) is 3.88. The maximum absolute atomic E-state index is 12.6. The first-order valence-corrected chi connectivity index (χ1v) is 8.11. The number of benzene rings is 2. The molecule has 0 aliphatic carbocycles. The first kappa shape index (κ1) is 18.0. The molecule has 24 heavy (non-hydrogen) atoms. The van der Waals surface area contributed by atoms with E-state index in [4.69, 9.17) is 5.73 Å². The molecule has 1 atom stereocenters. The van der Waals surface area contributed by atoms with Crippen LogP contribution in [-0.2, 0) is 6.54 Å². The van der Waals surface area contributed by atoms with Gasteiger partial charge in [0.05, 0.1) is 12.6 Å². The van der Waals surface area contributed by atoms with Crippen molar-refractivity contribution in [1.82, 2.24) is 4.90 Å². The van der Waals surface area contributed by atoms with Gasteiger partial charge in [0.2, 0.25) is 0 Å². The van der Waals surface area contributed by atoms with Gasteiger partial charge in [-0.3, -0.25) is 0 Å². The molecular weight excluding hydrogens is 302 g/mol. The number of nitrogens with one attached hydrogen (secondary N) is 1. The quantitative estimate of drug-likeness (QED) is 0.763. The zero-order chi connectivity index (χ0) is 17.5. The lowest BCUT2D eigenvalue weighted by molar-refractivity contribution is 0.113. The summed E-state index contributed by atoms with van der Waals surface area (Å²) in [4.78, 5) is 14.2. The van der Waals surface area contributed by atoms with Gasteiger partial charge in [-0.2, -0.15) is 0 Å². The average Bonchev–Trinajstić information content (AvgIpc) is 2.60. The Morgan fingerprint density at radius 3 is 2.29 bits per heavy atom. The van der Waals surface area contributed by atoms with Crippen LogP contribution in [0.5, 0.6) is 0 Å². The lowest BCUT2D eigenvalue weighted by Crippen LogP contribution is -2.42. The molecule has 2 rings (SSSR count). The SMILES string of the molecule is CC(C)N(CC(O)c1ccccc1)C(=O)Nc1ccc(CN)cc1. The van der Waals surface area contributed by atoms with E-state index in [1.165, 1.54) is 0 Å². The second-order valence-corrected chi connectivity index (χ2v) is 6.00. The van der Waals surface area contributed by atoms with E-state index < -0.39 is 6.10 Å². The van der Waals surface area contributed by atoms with E-state index in [-0.39, 0.29) is 18.6 Å². The highest BCUT2D eigenvalue weighted by molar-refractivity contribution is 5.89. The van der Waals surface area contributed by atoms with E-state index >= 15 is 0 Å². The maximum Gasteiger partial charge on any atom is 0.322 e. The van der Waals surface area contributed by atoms with Crippen LogP contribution < -0.4 is 11.1 Å². The Hall–Kier alpha value is -2.37. The number of hydrogen-bond donors (Lipinski definition) is 3. The number of urea groups is 1. The number of aliphatic hydroxyl groups excluding tert-OH is 1. The Bertz CT molecular complexity index is 641. The number of aliphatic hydroxyl groups is 1. The summed E-state index contributed by atoms with van der Waals surface area (Å²) in [5.41, 5.74) is 8.08. The molecule has 0 bridgehead atoms.